The molecule has 2 aliphatic carbocycles. The zero-order chi connectivity index (χ0) is 16.8. The van der Waals surface area contributed by atoms with Gasteiger partial charge in [-0.1, -0.05) is 32.1 Å². The highest BCUT2D eigenvalue weighted by molar-refractivity contribution is 5.79. The number of amides is 1. The van der Waals surface area contributed by atoms with Crippen molar-refractivity contribution >= 4 is 5.91 Å². The van der Waals surface area contributed by atoms with Crippen LogP contribution in [-0.4, -0.2) is 36.0 Å². The fraction of sp³-hybridized carbons (Fsp3) is 0.900. The summed E-state index contributed by atoms with van der Waals surface area (Å²) in [7, 11) is 0. The number of nitrogens with one attached hydrogen (secondary N) is 1. The number of rotatable bonds is 3. The SMILES string of the molecule is N#C[C@@H]1CCCN1C(=O)CNC1CCC2(CCCCCCC2)CC1. The van der Waals surface area contributed by atoms with Crippen molar-refractivity contribution in [3.05, 3.63) is 0 Å². The summed E-state index contributed by atoms with van der Waals surface area (Å²) in [6.45, 7) is 1.17. The van der Waals surface area contributed by atoms with E-state index in [0.29, 0.717) is 18.0 Å². The van der Waals surface area contributed by atoms with E-state index in [9.17, 15) is 4.79 Å². The molecule has 1 aliphatic heterocycles. The van der Waals surface area contributed by atoms with Gasteiger partial charge in [0.15, 0.2) is 0 Å². The molecule has 4 nitrogen and oxygen atoms in total. The Labute approximate surface area is 147 Å². The average Bonchev–Trinajstić information content (AvgIpc) is 3.06. The monoisotopic (exact) mass is 331 g/mol. The van der Waals surface area contributed by atoms with Gasteiger partial charge in [0, 0.05) is 12.6 Å². The summed E-state index contributed by atoms with van der Waals surface area (Å²) in [5.74, 6) is 0.116. The first-order chi connectivity index (χ1) is 11.7. The molecule has 0 aromatic carbocycles. The van der Waals surface area contributed by atoms with Gasteiger partial charge in [-0.25, -0.2) is 0 Å². The minimum atomic E-state index is -0.191. The molecular formula is C20H33N3O. The minimum absolute atomic E-state index is 0.116. The Hall–Kier alpha value is -1.08. The Kier molecular flexibility index (Phi) is 6.16. The molecule has 1 amide bonds. The van der Waals surface area contributed by atoms with Crippen LogP contribution in [-0.2, 0) is 4.79 Å². The minimum Gasteiger partial charge on any atom is -0.326 e. The number of nitrogens with zero attached hydrogens (tertiary/aromatic N) is 2. The lowest BCUT2D eigenvalue weighted by atomic mass is 9.66. The number of nitriles is 1. The van der Waals surface area contributed by atoms with Gasteiger partial charge in [-0.2, -0.15) is 5.26 Å². The van der Waals surface area contributed by atoms with Crippen LogP contribution in [0.5, 0.6) is 0 Å². The maximum absolute atomic E-state index is 12.3. The van der Waals surface area contributed by atoms with Gasteiger partial charge in [-0.05, 0) is 56.8 Å². The van der Waals surface area contributed by atoms with Crippen LogP contribution in [0.3, 0.4) is 0 Å². The molecule has 4 heteroatoms. The Morgan fingerprint density at radius 2 is 1.67 bits per heavy atom. The van der Waals surface area contributed by atoms with Crippen molar-refractivity contribution in [1.29, 1.82) is 5.26 Å². The van der Waals surface area contributed by atoms with Crippen LogP contribution in [0.1, 0.15) is 83.5 Å². The summed E-state index contributed by atoms with van der Waals surface area (Å²) in [5, 5.41) is 12.6. The van der Waals surface area contributed by atoms with Gasteiger partial charge in [0.2, 0.25) is 5.91 Å². The second-order valence-electron chi connectivity index (χ2n) is 8.30. The van der Waals surface area contributed by atoms with Gasteiger partial charge in [0.1, 0.15) is 6.04 Å². The summed E-state index contributed by atoms with van der Waals surface area (Å²) < 4.78 is 0. The van der Waals surface area contributed by atoms with Crippen LogP contribution in [0.4, 0.5) is 0 Å². The first-order valence-electron chi connectivity index (χ1n) is 10.1. The fourth-order valence-corrected chi connectivity index (χ4v) is 5.12. The molecule has 24 heavy (non-hydrogen) atoms. The van der Waals surface area contributed by atoms with Crippen molar-refractivity contribution in [3.8, 4) is 6.07 Å². The highest BCUT2D eigenvalue weighted by Crippen LogP contribution is 2.45. The van der Waals surface area contributed by atoms with Crippen molar-refractivity contribution < 1.29 is 4.79 Å². The zero-order valence-electron chi connectivity index (χ0n) is 15.1. The van der Waals surface area contributed by atoms with E-state index in [-0.39, 0.29) is 11.9 Å². The first-order valence-corrected chi connectivity index (χ1v) is 10.1. The fourth-order valence-electron chi connectivity index (χ4n) is 5.12. The molecule has 0 radical (unpaired) electrons. The van der Waals surface area contributed by atoms with Gasteiger partial charge in [-0.15, -0.1) is 0 Å². The van der Waals surface area contributed by atoms with E-state index in [1.807, 2.05) is 0 Å². The molecule has 2 saturated carbocycles. The normalized spacial score (nSPS) is 28.3. The summed E-state index contributed by atoms with van der Waals surface area (Å²) in [5.41, 5.74) is 0.615. The number of hydrogen-bond donors (Lipinski definition) is 1. The van der Waals surface area contributed by atoms with E-state index in [0.717, 1.165) is 19.4 Å². The van der Waals surface area contributed by atoms with Crippen molar-refractivity contribution in [3.63, 3.8) is 0 Å². The largest absolute Gasteiger partial charge is 0.326 e. The molecule has 1 spiro atoms. The van der Waals surface area contributed by atoms with Crippen LogP contribution < -0.4 is 5.32 Å². The highest BCUT2D eigenvalue weighted by atomic mass is 16.2. The van der Waals surface area contributed by atoms with E-state index in [4.69, 9.17) is 5.26 Å². The van der Waals surface area contributed by atoms with Crippen LogP contribution in [0.25, 0.3) is 0 Å². The van der Waals surface area contributed by atoms with Gasteiger partial charge in [-0.3, -0.25) is 4.79 Å². The second kappa shape index (κ2) is 8.34. The van der Waals surface area contributed by atoms with Crippen LogP contribution >= 0.6 is 0 Å². The molecule has 3 aliphatic rings. The molecule has 1 heterocycles. The van der Waals surface area contributed by atoms with E-state index in [1.165, 1.54) is 70.6 Å². The van der Waals surface area contributed by atoms with Crippen molar-refractivity contribution in [2.24, 2.45) is 5.41 Å². The molecule has 0 unspecified atom stereocenters. The lowest BCUT2D eigenvalue weighted by molar-refractivity contribution is -0.130. The number of carbonyl (C=O) groups excluding carboxylic acids is 1. The topological polar surface area (TPSA) is 56.1 Å². The lowest BCUT2D eigenvalue weighted by Gasteiger charge is -2.42. The standard InChI is InChI=1S/C20H33N3O/c21-15-18-7-6-14-23(18)19(24)16-22-17-8-12-20(13-9-17)10-4-2-1-3-5-11-20/h17-18,22H,1-14,16H2/t18-/m0/s1. The molecule has 134 valence electrons. The Morgan fingerprint density at radius 3 is 2.33 bits per heavy atom. The van der Waals surface area contributed by atoms with Crippen LogP contribution in [0.2, 0.25) is 0 Å². The predicted octanol–water partition coefficient (Wildman–Crippen LogP) is 3.76. The molecule has 0 bridgehead atoms. The average molecular weight is 332 g/mol. The van der Waals surface area contributed by atoms with Gasteiger partial charge < -0.3 is 10.2 Å². The maximum atomic E-state index is 12.3. The molecule has 1 saturated heterocycles. The smallest absolute Gasteiger partial charge is 0.237 e. The number of hydrogen-bond acceptors (Lipinski definition) is 3. The van der Waals surface area contributed by atoms with Gasteiger partial charge in [0.25, 0.3) is 0 Å². The summed E-state index contributed by atoms with van der Waals surface area (Å²) in [6, 6.07) is 2.56. The van der Waals surface area contributed by atoms with Crippen molar-refractivity contribution in [2.75, 3.05) is 13.1 Å². The van der Waals surface area contributed by atoms with E-state index >= 15 is 0 Å². The third-order valence-electron chi connectivity index (χ3n) is 6.72. The molecule has 3 fully saturated rings. The summed E-state index contributed by atoms with van der Waals surface area (Å²) in [6.07, 6.45) is 16.9. The molecule has 1 N–H and O–H groups in total. The lowest BCUT2D eigenvalue weighted by Crippen LogP contribution is -2.45. The molecule has 0 aromatic heterocycles. The third kappa shape index (κ3) is 4.30. The highest BCUT2D eigenvalue weighted by Gasteiger charge is 2.35. The second-order valence-corrected chi connectivity index (χ2v) is 8.30. The van der Waals surface area contributed by atoms with Crippen molar-refractivity contribution in [2.45, 2.75) is 95.6 Å². The maximum Gasteiger partial charge on any atom is 0.237 e. The van der Waals surface area contributed by atoms with E-state index < -0.39 is 0 Å². The van der Waals surface area contributed by atoms with Gasteiger partial charge in [0.05, 0.1) is 12.6 Å². The number of likely N-dealkylation sites (tertiary alicyclic amines) is 1. The molecule has 3 rings (SSSR count). The van der Waals surface area contributed by atoms with Crippen molar-refractivity contribution in [1.82, 2.24) is 10.2 Å². The Morgan fingerprint density at radius 1 is 1.00 bits per heavy atom. The first kappa shape index (κ1) is 17.7. The van der Waals surface area contributed by atoms with Crippen LogP contribution in [0, 0.1) is 16.7 Å². The van der Waals surface area contributed by atoms with E-state index in [1.54, 1.807) is 4.90 Å². The molecule has 1 atom stereocenters. The zero-order valence-corrected chi connectivity index (χ0v) is 15.1. The summed E-state index contributed by atoms with van der Waals surface area (Å²) >= 11 is 0. The predicted molar refractivity (Wildman–Crippen MR) is 95.4 cm³/mol. The molecular weight excluding hydrogens is 298 g/mol. The Balaban J connectivity index is 1.42. The van der Waals surface area contributed by atoms with Crippen LogP contribution in [0.15, 0.2) is 0 Å². The third-order valence-corrected chi connectivity index (χ3v) is 6.72. The van der Waals surface area contributed by atoms with E-state index in [2.05, 4.69) is 11.4 Å². The molecule has 0 aromatic rings. The number of carbonyl (C=O) groups is 1. The van der Waals surface area contributed by atoms with Gasteiger partial charge >= 0.3 is 0 Å². The quantitative estimate of drug-likeness (QED) is 0.856. The summed E-state index contributed by atoms with van der Waals surface area (Å²) in [4.78, 5) is 14.1. The Bertz CT molecular complexity index is 452.